The molecule has 0 fully saturated rings. The number of hydrogen-bond donors (Lipinski definition) is 2. The first-order chi connectivity index (χ1) is 19.8. The highest BCUT2D eigenvalue weighted by Gasteiger charge is 2.27. The molecule has 0 aliphatic rings. The summed E-state index contributed by atoms with van der Waals surface area (Å²) in [7, 11) is -4.05. The van der Waals surface area contributed by atoms with E-state index in [0.717, 1.165) is 21.0 Å². The Morgan fingerprint density at radius 1 is 0.829 bits per heavy atom. The number of nitrogens with zero attached hydrogens (tertiary/aromatic N) is 2. The van der Waals surface area contributed by atoms with Crippen LogP contribution in [0, 0.1) is 0 Å². The Hall–Kier alpha value is -4.80. The standard InChI is InChI=1S/C31H30N4O5S/c1-24(36)33-28-14-18-30(19-15-28)41(38,39)35(21-26-8-4-2-5-9-26)22-31(37)34-32-20-25-12-16-29(17-13-25)40-23-27-10-6-3-7-11-27/h2-20H,21-23H2,1H3,(H,33,36)(H,34,37)/b32-20-. The minimum atomic E-state index is -4.05. The number of ether oxygens (including phenoxy) is 1. The van der Waals surface area contributed by atoms with Crippen molar-refractivity contribution < 1.29 is 22.7 Å². The number of hydrogen-bond acceptors (Lipinski definition) is 6. The fourth-order valence-corrected chi connectivity index (χ4v) is 5.23. The molecule has 0 aromatic heterocycles. The molecule has 10 heteroatoms. The van der Waals surface area contributed by atoms with Gasteiger partial charge in [0.1, 0.15) is 12.4 Å². The van der Waals surface area contributed by atoms with Gasteiger partial charge in [0.2, 0.25) is 15.9 Å². The van der Waals surface area contributed by atoms with Crippen LogP contribution >= 0.6 is 0 Å². The van der Waals surface area contributed by atoms with Gasteiger partial charge in [-0.15, -0.1) is 0 Å². The predicted molar refractivity (Wildman–Crippen MR) is 158 cm³/mol. The summed E-state index contributed by atoms with van der Waals surface area (Å²) in [6, 6.07) is 31.8. The van der Waals surface area contributed by atoms with Gasteiger partial charge >= 0.3 is 0 Å². The normalized spacial score (nSPS) is 11.4. The largest absolute Gasteiger partial charge is 0.489 e. The lowest BCUT2D eigenvalue weighted by molar-refractivity contribution is -0.121. The van der Waals surface area contributed by atoms with Gasteiger partial charge < -0.3 is 10.1 Å². The number of hydrazone groups is 1. The molecule has 9 nitrogen and oxygen atoms in total. The summed E-state index contributed by atoms with van der Waals surface area (Å²) in [6.07, 6.45) is 1.47. The van der Waals surface area contributed by atoms with Crippen LogP contribution in [-0.2, 0) is 32.8 Å². The second-order valence-corrected chi connectivity index (χ2v) is 11.0. The van der Waals surface area contributed by atoms with Crippen LogP contribution in [0.3, 0.4) is 0 Å². The summed E-state index contributed by atoms with van der Waals surface area (Å²) in [6.45, 7) is 1.35. The van der Waals surface area contributed by atoms with E-state index in [9.17, 15) is 18.0 Å². The first-order valence-electron chi connectivity index (χ1n) is 12.8. The number of anilines is 1. The third-order valence-electron chi connectivity index (χ3n) is 5.87. The molecule has 4 aromatic carbocycles. The first kappa shape index (κ1) is 29.2. The van der Waals surface area contributed by atoms with Crippen LogP contribution in [0.5, 0.6) is 5.75 Å². The molecule has 0 aliphatic carbocycles. The van der Waals surface area contributed by atoms with E-state index in [0.29, 0.717) is 18.0 Å². The summed E-state index contributed by atoms with van der Waals surface area (Å²) in [5, 5.41) is 6.59. The van der Waals surface area contributed by atoms with Gasteiger partial charge in [-0.25, -0.2) is 13.8 Å². The van der Waals surface area contributed by atoms with Gasteiger partial charge in [-0.3, -0.25) is 9.59 Å². The second kappa shape index (κ2) is 14.0. The molecule has 0 spiro atoms. The Balaban J connectivity index is 1.39. The van der Waals surface area contributed by atoms with Crippen molar-refractivity contribution in [2.45, 2.75) is 25.0 Å². The van der Waals surface area contributed by atoms with Gasteiger partial charge in [-0.1, -0.05) is 60.7 Å². The molecule has 2 N–H and O–H groups in total. The van der Waals surface area contributed by atoms with Gasteiger partial charge in [0.25, 0.3) is 5.91 Å². The van der Waals surface area contributed by atoms with E-state index >= 15 is 0 Å². The number of rotatable bonds is 12. The molecule has 0 heterocycles. The Kier molecular flexibility index (Phi) is 9.98. The molecule has 0 radical (unpaired) electrons. The highest BCUT2D eigenvalue weighted by molar-refractivity contribution is 7.89. The summed E-state index contributed by atoms with van der Waals surface area (Å²) in [5.41, 5.74) is 5.38. The number of carbonyl (C=O) groups is 2. The minimum absolute atomic E-state index is 0.00610. The zero-order valence-corrected chi connectivity index (χ0v) is 23.3. The molecule has 0 aliphatic heterocycles. The number of carbonyl (C=O) groups excluding carboxylic acids is 2. The third-order valence-corrected chi connectivity index (χ3v) is 7.67. The fourth-order valence-electron chi connectivity index (χ4n) is 3.84. The maximum Gasteiger partial charge on any atom is 0.255 e. The van der Waals surface area contributed by atoms with Crippen molar-refractivity contribution in [3.05, 3.63) is 126 Å². The van der Waals surface area contributed by atoms with Crippen LogP contribution < -0.4 is 15.5 Å². The van der Waals surface area contributed by atoms with Crippen LogP contribution in [0.25, 0.3) is 0 Å². The molecule has 41 heavy (non-hydrogen) atoms. The Bertz CT molecular complexity index is 1580. The SMILES string of the molecule is CC(=O)Nc1ccc(S(=O)(=O)N(CC(=O)N/N=C\c2ccc(OCc3ccccc3)cc2)Cc2ccccc2)cc1. The predicted octanol–water partition coefficient (Wildman–Crippen LogP) is 4.57. The van der Waals surface area contributed by atoms with Gasteiger partial charge in [-0.2, -0.15) is 9.41 Å². The molecule has 2 amide bonds. The average molecular weight is 571 g/mol. The quantitative estimate of drug-likeness (QED) is 0.191. The van der Waals surface area contributed by atoms with E-state index in [4.69, 9.17) is 4.74 Å². The Morgan fingerprint density at radius 3 is 2.05 bits per heavy atom. The Morgan fingerprint density at radius 2 is 1.44 bits per heavy atom. The first-order valence-corrected chi connectivity index (χ1v) is 14.2. The summed E-state index contributed by atoms with van der Waals surface area (Å²) in [4.78, 5) is 24.1. The van der Waals surface area contributed by atoms with Crippen LogP contribution in [0.1, 0.15) is 23.6 Å². The van der Waals surface area contributed by atoms with Gasteiger partial charge in [0.15, 0.2) is 0 Å². The molecule has 0 atom stereocenters. The van der Waals surface area contributed by atoms with Crippen LogP contribution in [0.15, 0.2) is 119 Å². The minimum Gasteiger partial charge on any atom is -0.489 e. The van der Waals surface area contributed by atoms with Gasteiger partial charge in [-0.05, 0) is 65.2 Å². The topological polar surface area (TPSA) is 117 Å². The fraction of sp³-hybridized carbons (Fsp3) is 0.129. The summed E-state index contributed by atoms with van der Waals surface area (Å²) >= 11 is 0. The number of benzene rings is 4. The van der Waals surface area contributed by atoms with E-state index in [-0.39, 0.29) is 17.3 Å². The lowest BCUT2D eigenvalue weighted by atomic mass is 10.2. The van der Waals surface area contributed by atoms with Crippen LogP contribution in [0.2, 0.25) is 0 Å². The molecule has 4 aromatic rings. The zero-order chi connectivity index (χ0) is 29.1. The number of amides is 2. The third kappa shape index (κ3) is 8.85. The summed E-state index contributed by atoms with van der Waals surface area (Å²) < 4.78 is 33.8. The number of sulfonamides is 1. The van der Waals surface area contributed by atoms with Crippen molar-refractivity contribution in [3.63, 3.8) is 0 Å². The molecule has 0 bridgehead atoms. The van der Waals surface area contributed by atoms with Crippen molar-refractivity contribution in [1.29, 1.82) is 0 Å². The number of nitrogens with one attached hydrogen (secondary N) is 2. The molecule has 0 saturated carbocycles. The van der Waals surface area contributed by atoms with Gasteiger partial charge in [0.05, 0.1) is 17.7 Å². The van der Waals surface area contributed by atoms with Gasteiger partial charge in [0, 0.05) is 19.2 Å². The zero-order valence-electron chi connectivity index (χ0n) is 22.4. The molecule has 4 rings (SSSR count). The molecular formula is C31H30N4O5S. The summed E-state index contributed by atoms with van der Waals surface area (Å²) in [5.74, 6) is -0.170. The monoisotopic (exact) mass is 570 g/mol. The van der Waals surface area contributed by atoms with Crippen molar-refractivity contribution in [2.24, 2.45) is 5.10 Å². The molecule has 0 unspecified atom stereocenters. The van der Waals surface area contributed by atoms with Crippen LogP contribution in [-0.4, -0.2) is 37.3 Å². The Labute approximate surface area is 239 Å². The van der Waals surface area contributed by atoms with E-state index in [1.807, 2.05) is 36.4 Å². The average Bonchev–Trinajstić information content (AvgIpc) is 2.97. The highest BCUT2D eigenvalue weighted by atomic mass is 32.2. The highest BCUT2D eigenvalue weighted by Crippen LogP contribution is 2.21. The lowest BCUT2D eigenvalue weighted by Gasteiger charge is -2.21. The van der Waals surface area contributed by atoms with E-state index < -0.39 is 22.5 Å². The van der Waals surface area contributed by atoms with Crippen molar-refractivity contribution in [1.82, 2.24) is 9.73 Å². The van der Waals surface area contributed by atoms with E-state index in [2.05, 4.69) is 15.8 Å². The van der Waals surface area contributed by atoms with Crippen LogP contribution in [0.4, 0.5) is 5.69 Å². The van der Waals surface area contributed by atoms with Crippen molar-refractivity contribution in [2.75, 3.05) is 11.9 Å². The molecular weight excluding hydrogens is 540 g/mol. The van der Waals surface area contributed by atoms with Crippen molar-refractivity contribution >= 4 is 33.7 Å². The lowest BCUT2D eigenvalue weighted by Crippen LogP contribution is -2.39. The smallest absolute Gasteiger partial charge is 0.255 e. The molecule has 0 saturated heterocycles. The maximum absolute atomic E-state index is 13.5. The maximum atomic E-state index is 13.5. The molecule has 210 valence electrons. The van der Waals surface area contributed by atoms with E-state index in [1.54, 1.807) is 48.5 Å². The van der Waals surface area contributed by atoms with E-state index in [1.165, 1.54) is 37.4 Å². The van der Waals surface area contributed by atoms with Crippen molar-refractivity contribution in [3.8, 4) is 5.75 Å². The second-order valence-electron chi connectivity index (χ2n) is 9.10.